The van der Waals surface area contributed by atoms with E-state index >= 15 is 0 Å². The molecule has 4 nitrogen and oxygen atoms in total. The van der Waals surface area contributed by atoms with Gasteiger partial charge in [-0.15, -0.1) is 0 Å². The molecule has 1 aliphatic carbocycles. The van der Waals surface area contributed by atoms with Crippen molar-refractivity contribution in [2.24, 2.45) is 0 Å². The lowest BCUT2D eigenvalue weighted by molar-refractivity contribution is -0.148. The van der Waals surface area contributed by atoms with Crippen LogP contribution in [0.4, 0.5) is 0 Å². The van der Waals surface area contributed by atoms with Gasteiger partial charge in [-0.2, -0.15) is 0 Å². The number of nitrogens with one attached hydrogen (secondary N) is 1. The first-order valence-corrected chi connectivity index (χ1v) is 5.70. The molecule has 0 aliphatic heterocycles. The summed E-state index contributed by atoms with van der Waals surface area (Å²) >= 11 is 0. The van der Waals surface area contributed by atoms with Gasteiger partial charge in [-0.3, -0.25) is 4.79 Å². The van der Waals surface area contributed by atoms with E-state index in [1.165, 1.54) is 0 Å². The van der Waals surface area contributed by atoms with Gasteiger partial charge in [-0.25, -0.2) is 4.79 Å². The van der Waals surface area contributed by atoms with E-state index in [1.807, 2.05) is 13.8 Å². The van der Waals surface area contributed by atoms with Crippen LogP contribution in [0.5, 0.6) is 0 Å². The first kappa shape index (κ1) is 12.7. The van der Waals surface area contributed by atoms with E-state index in [9.17, 15) is 9.59 Å². The third-order valence-corrected chi connectivity index (χ3v) is 2.71. The molecule has 0 radical (unpaired) electrons. The van der Waals surface area contributed by atoms with Crippen LogP contribution in [0.2, 0.25) is 0 Å². The highest BCUT2D eigenvalue weighted by Crippen LogP contribution is 2.36. The summed E-state index contributed by atoms with van der Waals surface area (Å²) in [5.74, 6) is -0.518. The molecule has 0 saturated heterocycles. The number of allylic oxidation sites excluding steroid dienone is 1. The van der Waals surface area contributed by atoms with Gasteiger partial charge in [0.2, 0.25) is 5.91 Å². The number of carbonyl (C=O) groups is 2. The van der Waals surface area contributed by atoms with Gasteiger partial charge in [0.25, 0.3) is 0 Å². The van der Waals surface area contributed by atoms with Crippen LogP contribution >= 0.6 is 0 Å². The maximum Gasteiger partial charge on any atom is 0.331 e. The standard InChI is InChI=1S/C12H19NO3/c1-4-9(3)8-10(14)13-12(6-7-12)11(15)16-5-2/h8H,4-7H2,1-3H3,(H,13,14)/b9-8+. The van der Waals surface area contributed by atoms with Crippen LogP contribution in [0.15, 0.2) is 11.6 Å². The average Bonchev–Trinajstić information content (AvgIpc) is 2.99. The van der Waals surface area contributed by atoms with E-state index in [0.29, 0.717) is 19.4 Å². The fourth-order valence-corrected chi connectivity index (χ4v) is 1.37. The predicted molar refractivity (Wildman–Crippen MR) is 60.8 cm³/mol. The van der Waals surface area contributed by atoms with Crippen molar-refractivity contribution in [3.8, 4) is 0 Å². The SMILES string of the molecule is CCOC(=O)C1(NC(=O)/C=C(\C)CC)CC1. The Morgan fingerprint density at radius 1 is 1.38 bits per heavy atom. The summed E-state index contributed by atoms with van der Waals surface area (Å²) in [6.45, 7) is 5.98. The lowest BCUT2D eigenvalue weighted by atomic mass is 10.2. The maximum atomic E-state index is 11.6. The smallest absolute Gasteiger partial charge is 0.331 e. The molecule has 16 heavy (non-hydrogen) atoms. The molecular formula is C12H19NO3. The predicted octanol–water partition coefficient (Wildman–Crippen LogP) is 1.55. The quantitative estimate of drug-likeness (QED) is 0.570. The Kier molecular flexibility index (Phi) is 4.10. The molecule has 1 aliphatic rings. The summed E-state index contributed by atoms with van der Waals surface area (Å²) in [6, 6.07) is 0. The van der Waals surface area contributed by atoms with E-state index in [4.69, 9.17) is 4.74 Å². The summed E-state index contributed by atoms with van der Waals surface area (Å²) in [6.07, 6.45) is 3.73. The number of hydrogen-bond acceptors (Lipinski definition) is 3. The van der Waals surface area contributed by atoms with Gasteiger partial charge in [0.05, 0.1) is 6.61 Å². The van der Waals surface area contributed by atoms with E-state index in [1.54, 1.807) is 13.0 Å². The molecule has 90 valence electrons. The van der Waals surface area contributed by atoms with Gasteiger partial charge in [0.15, 0.2) is 0 Å². The van der Waals surface area contributed by atoms with Crippen LogP contribution in [-0.4, -0.2) is 24.0 Å². The van der Waals surface area contributed by atoms with Gasteiger partial charge in [0.1, 0.15) is 5.54 Å². The lowest BCUT2D eigenvalue weighted by Crippen LogP contribution is -2.43. The number of esters is 1. The van der Waals surface area contributed by atoms with Crippen molar-refractivity contribution >= 4 is 11.9 Å². The van der Waals surface area contributed by atoms with Gasteiger partial charge in [-0.1, -0.05) is 12.5 Å². The number of carbonyl (C=O) groups excluding carboxylic acids is 2. The van der Waals surface area contributed by atoms with Gasteiger partial charge in [-0.05, 0) is 33.1 Å². The van der Waals surface area contributed by atoms with Crippen molar-refractivity contribution in [3.05, 3.63) is 11.6 Å². The highest BCUT2D eigenvalue weighted by Gasteiger charge is 2.52. The van der Waals surface area contributed by atoms with E-state index in [2.05, 4.69) is 5.32 Å². The molecule has 1 amide bonds. The van der Waals surface area contributed by atoms with E-state index in [0.717, 1.165) is 12.0 Å². The number of hydrogen-bond donors (Lipinski definition) is 1. The molecule has 0 aromatic rings. The zero-order chi connectivity index (χ0) is 12.2. The zero-order valence-corrected chi connectivity index (χ0v) is 10.1. The first-order valence-electron chi connectivity index (χ1n) is 5.70. The van der Waals surface area contributed by atoms with Crippen LogP contribution in [-0.2, 0) is 14.3 Å². The molecule has 0 spiro atoms. The maximum absolute atomic E-state index is 11.6. The minimum absolute atomic E-state index is 0.204. The summed E-state index contributed by atoms with van der Waals surface area (Å²) in [7, 11) is 0. The topological polar surface area (TPSA) is 55.4 Å². The Bertz CT molecular complexity index is 316. The fraction of sp³-hybridized carbons (Fsp3) is 0.667. The average molecular weight is 225 g/mol. The highest BCUT2D eigenvalue weighted by molar-refractivity contribution is 5.95. The molecule has 0 bridgehead atoms. The summed E-state index contributed by atoms with van der Waals surface area (Å²) in [5.41, 5.74) is 0.259. The monoisotopic (exact) mass is 225 g/mol. The molecule has 0 unspecified atom stereocenters. The second kappa shape index (κ2) is 5.14. The molecule has 0 aromatic heterocycles. The summed E-state index contributed by atoms with van der Waals surface area (Å²) < 4.78 is 4.93. The second-order valence-electron chi connectivity index (χ2n) is 4.14. The minimum Gasteiger partial charge on any atom is -0.464 e. The van der Waals surface area contributed by atoms with Gasteiger partial charge in [0, 0.05) is 6.08 Å². The van der Waals surface area contributed by atoms with Crippen molar-refractivity contribution in [2.45, 2.75) is 45.6 Å². The second-order valence-corrected chi connectivity index (χ2v) is 4.14. The molecule has 1 rings (SSSR count). The van der Waals surface area contributed by atoms with E-state index < -0.39 is 5.54 Å². The third kappa shape index (κ3) is 3.08. The van der Waals surface area contributed by atoms with Gasteiger partial charge < -0.3 is 10.1 Å². The van der Waals surface area contributed by atoms with Crippen molar-refractivity contribution in [1.29, 1.82) is 0 Å². The van der Waals surface area contributed by atoms with Crippen LogP contribution in [0.25, 0.3) is 0 Å². The summed E-state index contributed by atoms with van der Waals surface area (Å²) in [5, 5.41) is 2.73. The van der Waals surface area contributed by atoms with Crippen molar-refractivity contribution in [1.82, 2.24) is 5.32 Å². The number of ether oxygens (including phenoxy) is 1. The Balaban J connectivity index is 2.54. The Labute approximate surface area is 96.0 Å². The summed E-state index contributed by atoms with van der Waals surface area (Å²) in [4.78, 5) is 23.1. The molecule has 1 N–H and O–H groups in total. The van der Waals surface area contributed by atoms with Crippen LogP contribution in [0.3, 0.4) is 0 Å². The largest absolute Gasteiger partial charge is 0.464 e. The lowest BCUT2D eigenvalue weighted by Gasteiger charge is -2.14. The molecule has 0 aromatic carbocycles. The van der Waals surface area contributed by atoms with Crippen molar-refractivity contribution < 1.29 is 14.3 Å². The molecule has 0 heterocycles. The zero-order valence-electron chi connectivity index (χ0n) is 10.1. The van der Waals surface area contributed by atoms with Crippen LogP contribution in [0.1, 0.15) is 40.0 Å². The third-order valence-electron chi connectivity index (χ3n) is 2.71. The molecule has 4 heteroatoms. The fourth-order valence-electron chi connectivity index (χ4n) is 1.37. The first-order chi connectivity index (χ1) is 7.54. The number of rotatable bonds is 5. The van der Waals surface area contributed by atoms with Crippen LogP contribution in [0, 0.1) is 0 Å². The van der Waals surface area contributed by atoms with Crippen molar-refractivity contribution in [2.75, 3.05) is 6.61 Å². The van der Waals surface area contributed by atoms with E-state index in [-0.39, 0.29) is 11.9 Å². The molecule has 1 fully saturated rings. The highest BCUT2D eigenvalue weighted by atomic mass is 16.5. The molecule has 1 saturated carbocycles. The van der Waals surface area contributed by atoms with Crippen molar-refractivity contribution in [3.63, 3.8) is 0 Å². The normalized spacial score (nSPS) is 17.8. The Morgan fingerprint density at radius 3 is 2.44 bits per heavy atom. The van der Waals surface area contributed by atoms with Gasteiger partial charge >= 0.3 is 5.97 Å². The Morgan fingerprint density at radius 2 is 2.00 bits per heavy atom. The minimum atomic E-state index is -0.738. The molecular weight excluding hydrogens is 206 g/mol. The number of amides is 1. The van der Waals surface area contributed by atoms with Crippen LogP contribution < -0.4 is 5.32 Å². The Hall–Kier alpha value is -1.32. The molecule has 0 atom stereocenters.